The van der Waals surface area contributed by atoms with Crippen LogP contribution in [0.15, 0.2) is 53.4 Å². The minimum absolute atomic E-state index is 0.112. The molecule has 7 heteroatoms. The summed E-state index contributed by atoms with van der Waals surface area (Å²) in [5.41, 5.74) is 5.18. The Morgan fingerprint density at radius 2 is 1.57 bits per heavy atom. The Morgan fingerprint density at radius 1 is 0.875 bits per heavy atom. The highest BCUT2D eigenvalue weighted by molar-refractivity contribution is 7.07. The van der Waals surface area contributed by atoms with Gasteiger partial charge in [0, 0.05) is 29.3 Å². The summed E-state index contributed by atoms with van der Waals surface area (Å²) in [6.07, 6.45) is 15.6. The molecule has 3 aromatic rings. The van der Waals surface area contributed by atoms with Crippen molar-refractivity contribution in [1.82, 2.24) is 0 Å². The first kappa shape index (κ1) is 32.0. The third-order valence-corrected chi connectivity index (χ3v) is 8.05. The van der Waals surface area contributed by atoms with E-state index >= 15 is 0 Å². The molecule has 0 unspecified atom stereocenters. The van der Waals surface area contributed by atoms with Gasteiger partial charge in [0.15, 0.2) is 30.3 Å². The summed E-state index contributed by atoms with van der Waals surface area (Å²) in [5, 5.41) is 5.64. The van der Waals surface area contributed by atoms with Crippen molar-refractivity contribution in [3.8, 4) is 11.5 Å². The number of rotatable bonds is 20. The molecule has 0 radical (unpaired) electrons. The number of ether oxygens (including phenoxy) is 2. The van der Waals surface area contributed by atoms with E-state index in [-0.39, 0.29) is 12.5 Å². The van der Waals surface area contributed by atoms with E-state index in [0.717, 1.165) is 30.6 Å². The minimum Gasteiger partial charge on any atom is -0.490 e. The lowest BCUT2D eigenvalue weighted by Gasteiger charge is -2.13. The number of hydrogen-bond acceptors (Lipinski definition) is 4. The molecule has 1 aromatic heterocycles. The van der Waals surface area contributed by atoms with Crippen molar-refractivity contribution in [2.45, 2.75) is 97.4 Å². The summed E-state index contributed by atoms with van der Waals surface area (Å²) in [4.78, 5) is 12.6. The van der Waals surface area contributed by atoms with Crippen molar-refractivity contribution < 1.29 is 18.8 Å². The molecule has 3 rings (SSSR count). The number of benzene rings is 2. The second kappa shape index (κ2) is 18.7. The van der Waals surface area contributed by atoms with E-state index in [4.69, 9.17) is 21.1 Å². The normalized spacial score (nSPS) is 11.0. The lowest BCUT2D eigenvalue weighted by molar-refractivity contribution is -0.689. The van der Waals surface area contributed by atoms with Crippen LogP contribution in [0.4, 0.5) is 5.69 Å². The van der Waals surface area contributed by atoms with Gasteiger partial charge in [-0.2, -0.15) is 4.57 Å². The average molecular weight is 586 g/mol. The number of carbonyl (C=O) groups excluding carboxylic acids is 1. The zero-order chi connectivity index (χ0) is 28.4. The Labute approximate surface area is 249 Å². The van der Waals surface area contributed by atoms with Gasteiger partial charge in [0.25, 0.3) is 5.91 Å². The standard InChI is InChI=1S/C33H45ClN2O3S/c1-3-4-5-6-7-8-9-10-11-12-13-14-20-38-32-22-29(34)18-19-31(32)39-24-33(37)35-30-17-15-16-28(21-30)23-36-26-40-25-27(36)2/h15-19,21-22,25-26H,3-14,20,23-24H2,1-2H3/p+1. The SMILES string of the molecule is CCCCCCCCCCCCCCOc1cc(Cl)ccc1OCC(=O)Nc1cccc(C[n+]2cscc2C)c1. The number of unbranched alkanes of at least 4 members (excludes halogenated alkanes) is 11. The number of carbonyl (C=O) groups is 1. The number of nitrogens with zero attached hydrogens (tertiary/aromatic N) is 1. The maximum atomic E-state index is 12.6. The van der Waals surface area contributed by atoms with E-state index in [2.05, 4.69) is 40.7 Å². The first-order valence-electron chi connectivity index (χ1n) is 14.9. The first-order valence-corrected chi connectivity index (χ1v) is 16.2. The molecule has 0 fully saturated rings. The van der Waals surface area contributed by atoms with Crippen molar-refractivity contribution in [3.05, 3.63) is 69.6 Å². The highest BCUT2D eigenvalue weighted by Gasteiger charge is 2.12. The first-order chi connectivity index (χ1) is 19.5. The number of aromatic nitrogens is 1. The van der Waals surface area contributed by atoms with Crippen LogP contribution in [0.2, 0.25) is 5.02 Å². The number of thiazole rings is 1. The largest absolute Gasteiger partial charge is 0.490 e. The monoisotopic (exact) mass is 585 g/mol. The van der Waals surface area contributed by atoms with Gasteiger partial charge in [0.05, 0.1) is 12.0 Å². The van der Waals surface area contributed by atoms with Crippen molar-refractivity contribution >= 4 is 34.5 Å². The van der Waals surface area contributed by atoms with Crippen LogP contribution in [0, 0.1) is 6.92 Å². The number of anilines is 1. The molecule has 1 heterocycles. The summed E-state index contributed by atoms with van der Waals surface area (Å²) in [5.74, 6) is 0.878. The van der Waals surface area contributed by atoms with E-state index in [0.29, 0.717) is 23.1 Å². The van der Waals surface area contributed by atoms with Gasteiger partial charge in [-0.3, -0.25) is 4.79 Å². The molecule has 40 heavy (non-hydrogen) atoms. The Bertz CT molecular complexity index is 1150. The molecule has 2 aromatic carbocycles. The Morgan fingerprint density at radius 3 is 2.25 bits per heavy atom. The molecule has 1 N–H and O–H groups in total. The van der Waals surface area contributed by atoms with Crippen LogP contribution >= 0.6 is 22.9 Å². The van der Waals surface area contributed by atoms with Crippen LogP contribution in [-0.4, -0.2) is 19.1 Å². The fourth-order valence-electron chi connectivity index (χ4n) is 4.64. The number of halogens is 1. The van der Waals surface area contributed by atoms with Crippen LogP contribution in [-0.2, 0) is 11.3 Å². The summed E-state index contributed by atoms with van der Waals surface area (Å²) in [6.45, 7) is 5.62. The number of aryl methyl sites for hydroxylation is 1. The summed E-state index contributed by atoms with van der Waals surface area (Å²) in [6, 6.07) is 13.2. The number of nitrogens with one attached hydrogen (secondary N) is 1. The molecular formula is C33H46ClN2O3S+. The summed E-state index contributed by atoms with van der Waals surface area (Å²) in [7, 11) is 0. The number of amides is 1. The van der Waals surface area contributed by atoms with Crippen LogP contribution < -0.4 is 19.4 Å². The Balaban J connectivity index is 1.34. The van der Waals surface area contributed by atoms with Crippen LogP contribution in [0.5, 0.6) is 11.5 Å². The van der Waals surface area contributed by atoms with E-state index in [1.807, 2.05) is 18.2 Å². The van der Waals surface area contributed by atoms with Crippen molar-refractivity contribution in [3.63, 3.8) is 0 Å². The summed E-state index contributed by atoms with van der Waals surface area (Å²) < 4.78 is 14.0. The molecule has 0 atom stereocenters. The van der Waals surface area contributed by atoms with Gasteiger partial charge in [-0.1, -0.05) is 113 Å². The molecule has 0 saturated heterocycles. The second-order valence-electron chi connectivity index (χ2n) is 10.5. The Hall–Kier alpha value is -2.57. The molecule has 5 nitrogen and oxygen atoms in total. The van der Waals surface area contributed by atoms with Gasteiger partial charge in [-0.25, -0.2) is 0 Å². The van der Waals surface area contributed by atoms with Crippen LogP contribution in [0.25, 0.3) is 0 Å². The highest BCUT2D eigenvalue weighted by Crippen LogP contribution is 2.30. The minimum atomic E-state index is -0.224. The molecule has 218 valence electrons. The lowest BCUT2D eigenvalue weighted by Crippen LogP contribution is -2.34. The third kappa shape index (κ3) is 12.3. The van der Waals surface area contributed by atoms with Gasteiger partial charge < -0.3 is 14.8 Å². The molecule has 1 amide bonds. The van der Waals surface area contributed by atoms with E-state index in [1.54, 1.807) is 29.5 Å². The molecule has 0 bridgehead atoms. The van der Waals surface area contributed by atoms with Gasteiger partial charge in [-0.15, -0.1) is 0 Å². The predicted octanol–water partition coefficient (Wildman–Crippen LogP) is 9.14. The van der Waals surface area contributed by atoms with E-state index in [1.165, 1.54) is 69.9 Å². The van der Waals surface area contributed by atoms with Crippen LogP contribution in [0.1, 0.15) is 95.2 Å². The van der Waals surface area contributed by atoms with Gasteiger partial charge in [0.2, 0.25) is 5.51 Å². The number of hydrogen-bond donors (Lipinski definition) is 1. The molecule has 0 aliphatic carbocycles. The fraction of sp³-hybridized carbons (Fsp3) is 0.515. The average Bonchev–Trinajstić information content (AvgIpc) is 3.34. The molecule has 0 spiro atoms. The topological polar surface area (TPSA) is 51.4 Å². The van der Waals surface area contributed by atoms with Crippen molar-refractivity contribution in [2.24, 2.45) is 0 Å². The van der Waals surface area contributed by atoms with E-state index in [9.17, 15) is 4.79 Å². The van der Waals surface area contributed by atoms with Gasteiger partial charge >= 0.3 is 0 Å². The van der Waals surface area contributed by atoms with Crippen molar-refractivity contribution in [1.29, 1.82) is 0 Å². The molecule has 0 aliphatic rings. The van der Waals surface area contributed by atoms with Crippen LogP contribution in [0.3, 0.4) is 0 Å². The van der Waals surface area contributed by atoms with Gasteiger partial charge in [0.1, 0.15) is 0 Å². The lowest BCUT2D eigenvalue weighted by atomic mass is 10.1. The predicted molar refractivity (Wildman–Crippen MR) is 167 cm³/mol. The smallest absolute Gasteiger partial charge is 0.262 e. The molecular weight excluding hydrogens is 540 g/mol. The quantitative estimate of drug-likeness (QED) is 0.106. The maximum Gasteiger partial charge on any atom is 0.262 e. The van der Waals surface area contributed by atoms with E-state index < -0.39 is 0 Å². The zero-order valence-corrected chi connectivity index (χ0v) is 25.8. The summed E-state index contributed by atoms with van der Waals surface area (Å²) >= 11 is 7.88. The molecule has 0 saturated carbocycles. The zero-order valence-electron chi connectivity index (χ0n) is 24.3. The van der Waals surface area contributed by atoms with Crippen molar-refractivity contribution in [2.75, 3.05) is 18.5 Å². The third-order valence-electron chi connectivity index (χ3n) is 6.96. The second-order valence-corrected chi connectivity index (χ2v) is 11.6. The maximum absolute atomic E-state index is 12.6. The Kier molecular flexibility index (Phi) is 15.0. The fourth-order valence-corrected chi connectivity index (χ4v) is 5.58. The highest BCUT2D eigenvalue weighted by atomic mass is 35.5. The molecule has 0 aliphatic heterocycles. The van der Waals surface area contributed by atoms with Gasteiger partial charge in [-0.05, 0) is 30.7 Å².